The molecule has 3 rings (SSSR count). The van der Waals surface area contributed by atoms with Gasteiger partial charge in [0.15, 0.2) is 0 Å². The van der Waals surface area contributed by atoms with Crippen LogP contribution in [0.25, 0.3) is 10.9 Å². The minimum Gasteiger partial charge on any atom is -0.506 e. The summed E-state index contributed by atoms with van der Waals surface area (Å²) in [6.07, 6.45) is 1.54. The van der Waals surface area contributed by atoms with E-state index >= 15 is 0 Å². The molecule has 0 unspecified atom stereocenters. The Kier molecular flexibility index (Phi) is 4.76. The van der Waals surface area contributed by atoms with Crippen LogP contribution in [0.1, 0.15) is 28.5 Å². The summed E-state index contributed by atoms with van der Waals surface area (Å²) in [5.41, 5.74) is 3.01. The third kappa shape index (κ3) is 3.51. The van der Waals surface area contributed by atoms with E-state index in [0.717, 1.165) is 16.5 Å². The Bertz CT molecular complexity index is 976. The summed E-state index contributed by atoms with van der Waals surface area (Å²) in [5.74, 6) is -0.401. The lowest BCUT2D eigenvalue weighted by atomic mass is 10.1. The number of benzene rings is 2. The molecule has 3 aromatic rings. The van der Waals surface area contributed by atoms with E-state index in [0.29, 0.717) is 22.0 Å². The number of aryl methyl sites for hydroxylation is 1. The summed E-state index contributed by atoms with van der Waals surface area (Å²) < 4.78 is 5.11. The monoisotopic (exact) mass is 356 g/mol. The first-order chi connectivity index (χ1) is 12.0. The molecule has 6 heteroatoms. The number of ether oxygens (including phenoxy) is 1. The number of aromatic amines is 1. The molecule has 0 fully saturated rings. The van der Waals surface area contributed by atoms with Crippen LogP contribution in [-0.2, 0) is 4.74 Å². The van der Waals surface area contributed by atoms with Crippen molar-refractivity contribution in [2.75, 3.05) is 6.61 Å². The minimum atomic E-state index is -0.468. The van der Waals surface area contributed by atoms with Gasteiger partial charge in [0, 0.05) is 27.7 Å². The van der Waals surface area contributed by atoms with Crippen LogP contribution in [0.5, 0.6) is 5.75 Å². The van der Waals surface area contributed by atoms with Gasteiger partial charge in [-0.25, -0.2) is 4.79 Å². The third-order valence-electron chi connectivity index (χ3n) is 3.74. The Morgan fingerprint density at radius 1 is 1.32 bits per heavy atom. The van der Waals surface area contributed by atoms with Crippen molar-refractivity contribution in [2.24, 2.45) is 4.99 Å². The van der Waals surface area contributed by atoms with E-state index < -0.39 is 5.97 Å². The minimum absolute atomic E-state index is 0.0670. The van der Waals surface area contributed by atoms with Crippen molar-refractivity contribution in [2.45, 2.75) is 13.8 Å². The third-order valence-corrected chi connectivity index (χ3v) is 3.98. The molecule has 2 N–H and O–H groups in total. The van der Waals surface area contributed by atoms with Crippen LogP contribution < -0.4 is 0 Å². The van der Waals surface area contributed by atoms with Gasteiger partial charge < -0.3 is 14.8 Å². The number of hydrogen-bond donors (Lipinski definition) is 2. The first-order valence-corrected chi connectivity index (χ1v) is 8.19. The second kappa shape index (κ2) is 6.99. The van der Waals surface area contributed by atoms with Crippen molar-refractivity contribution < 1.29 is 14.6 Å². The molecule has 2 aromatic carbocycles. The number of aromatic hydroxyl groups is 1. The fourth-order valence-electron chi connectivity index (χ4n) is 2.55. The number of hydrogen-bond acceptors (Lipinski definition) is 4. The van der Waals surface area contributed by atoms with Crippen molar-refractivity contribution in [3.05, 3.63) is 58.2 Å². The number of aliphatic imine (C=N–C) groups is 1. The average Bonchev–Trinajstić information content (AvgIpc) is 2.94. The number of fused-ring (bicyclic) bond motifs is 1. The molecule has 0 radical (unpaired) electrons. The molecule has 0 atom stereocenters. The smallest absolute Gasteiger partial charge is 0.355 e. The molecule has 1 aromatic heterocycles. The fraction of sp³-hybridized carbons (Fsp3) is 0.158. The highest BCUT2D eigenvalue weighted by Gasteiger charge is 2.18. The van der Waals surface area contributed by atoms with Crippen molar-refractivity contribution in [1.29, 1.82) is 0 Å². The normalized spacial score (nSPS) is 11.3. The Labute approximate surface area is 149 Å². The van der Waals surface area contributed by atoms with Gasteiger partial charge in [-0.2, -0.15) is 0 Å². The number of carbonyl (C=O) groups is 1. The number of phenolic OH excluding ortho intramolecular Hbond substituents is 1. The lowest BCUT2D eigenvalue weighted by Gasteiger charge is -2.02. The molecule has 128 valence electrons. The predicted octanol–water partition coefficient (Wildman–Crippen LogP) is 4.76. The molecule has 0 aliphatic rings. The van der Waals surface area contributed by atoms with Gasteiger partial charge in [0.2, 0.25) is 0 Å². The number of H-pyrrole nitrogens is 1. The summed E-state index contributed by atoms with van der Waals surface area (Å²) in [6.45, 7) is 3.92. The van der Waals surface area contributed by atoms with E-state index in [1.165, 1.54) is 6.21 Å². The second-order valence-electron chi connectivity index (χ2n) is 5.57. The number of carbonyl (C=O) groups excluding carboxylic acids is 1. The molecule has 5 nitrogen and oxygen atoms in total. The topological polar surface area (TPSA) is 74.7 Å². The maximum atomic E-state index is 12.3. The van der Waals surface area contributed by atoms with Crippen molar-refractivity contribution in [1.82, 2.24) is 4.98 Å². The number of halogens is 1. The van der Waals surface area contributed by atoms with E-state index in [2.05, 4.69) is 9.98 Å². The highest BCUT2D eigenvalue weighted by Crippen LogP contribution is 2.29. The Balaban J connectivity index is 2.13. The van der Waals surface area contributed by atoms with E-state index in [4.69, 9.17) is 16.3 Å². The summed E-state index contributed by atoms with van der Waals surface area (Å²) in [5, 5.41) is 11.3. The summed E-state index contributed by atoms with van der Waals surface area (Å²) in [7, 11) is 0. The summed E-state index contributed by atoms with van der Waals surface area (Å²) in [4.78, 5) is 19.7. The van der Waals surface area contributed by atoms with Crippen LogP contribution >= 0.6 is 11.6 Å². The van der Waals surface area contributed by atoms with Gasteiger partial charge in [0.1, 0.15) is 17.1 Å². The van der Waals surface area contributed by atoms with Crippen LogP contribution in [0.4, 0.5) is 5.69 Å². The molecule has 0 spiro atoms. The standard InChI is InChI=1S/C19H17ClN2O3/c1-3-25-19(24)18-14(13-9-12(20)5-6-15(13)22-18)10-21-16-8-11(2)4-7-17(16)23/h4-10,22-23H,3H2,1-2H3. The molecule has 0 aliphatic carbocycles. The summed E-state index contributed by atoms with van der Waals surface area (Å²) >= 11 is 6.09. The maximum Gasteiger partial charge on any atom is 0.355 e. The van der Waals surface area contributed by atoms with E-state index in [1.54, 1.807) is 43.3 Å². The molecule has 0 amide bonds. The van der Waals surface area contributed by atoms with Crippen LogP contribution in [0, 0.1) is 6.92 Å². The van der Waals surface area contributed by atoms with Crippen LogP contribution in [0.15, 0.2) is 41.4 Å². The molecule has 25 heavy (non-hydrogen) atoms. The van der Waals surface area contributed by atoms with Gasteiger partial charge in [0.25, 0.3) is 0 Å². The van der Waals surface area contributed by atoms with E-state index in [-0.39, 0.29) is 12.4 Å². The fourth-order valence-corrected chi connectivity index (χ4v) is 2.73. The molecule has 0 bridgehead atoms. The van der Waals surface area contributed by atoms with Gasteiger partial charge in [-0.3, -0.25) is 4.99 Å². The van der Waals surface area contributed by atoms with Gasteiger partial charge in [-0.15, -0.1) is 0 Å². The number of rotatable bonds is 4. The number of aromatic nitrogens is 1. The molecule has 0 saturated carbocycles. The maximum absolute atomic E-state index is 12.3. The SMILES string of the molecule is CCOC(=O)c1[nH]c2ccc(Cl)cc2c1C=Nc1cc(C)ccc1O. The zero-order valence-electron chi connectivity index (χ0n) is 13.8. The van der Waals surface area contributed by atoms with Crippen LogP contribution in [0.3, 0.4) is 0 Å². The Hall–Kier alpha value is -2.79. The Morgan fingerprint density at radius 3 is 2.88 bits per heavy atom. The largest absolute Gasteiger partial charge is 0.506 e. The van der Waals surface area contributed by atoms with Gasteiger partial charge in [-0.05, 0) is 49.7 Å². The molecule has 1 heterocycles. The first-order valence-electron chi connectivity index (χ1n) is 7.81. The van der Waals surface area contributed by atoms with E-state index in [1.807, 2.05) is 6.92 Å². The second-order valence-corrected chi connectivity index (χ2v) is 6.01. The van der Waals surface area contributed by atoms with Gasteiger partial charge >= 0.3 is 5.97 Å². The lowest BCUT2D eigenvalue weighted by molar-refractivity contribution is 0.0520. The zero-order valence-corrected chi connectivity index (χ0v) is 14.6. The highest BCUT2D eigenvalue weighted by atomic mass is 35.5. The summed E-state index contributed by atoms with van der Waals surface area (Å²) in [6, 6.07) is 10.4. The quantitative estimate of drug-likeness (QED) is 0.522. The number of phenols is 1. The molecule has 0 aliphatic heterocycles. The molecular weight excluding hydrogens is 340 g/mol. The average molecular weight is 357 g/mol. The number of nitrogens with one attached hydrogen (secondary N) is 1. The highest BCUT2D eigenvalue weighted by molar-refractivity contribution is 6.31. The zero-order chi connectivity index (χ0) is 18.0. The lowest BCUT2D eigenvalue weighted by Crippen LogP contribution is -2.07. The first kappa shape index (κ1) is 17.0. The number of nitrogens with zero attached hydrogens (tertiary/aromatic N) is 1. The van der Waals surface area contributed by atoms with Crippen LogP contribution in [-0.4, -0.2) is 28.9 Å². The van der Waals surface area contributed by atoms with Crippen molar-refractivity contribution in [3.8, 4) is 5.75 Å². The van der Waals surface area contributed by atoms with E-state index in [9.17, 15) is 9.90 Å². The van der Waals surface area contributed by atoms with Crippen molar-refractivity contribution in [3.63, 3.8) is 0 Å². The van der Waals surface area contributed by atoms with Crippen LogP contribution in [0.2, 0.25) is 5.02 Å². The van der Waals surface area contributed by atoms with Gasteiger partial charge in [0.05, 0.1) is 6.61 Å². The van der Waals surface area contributed by atoms with Gasteiger partial charge in [-0.1, -0.05) is 17.7 Å². The molecular formula is C19H17ClN2O3. The van der Waals surface area contributed by atoms with Crippen molar-refractivity contribution >= 4 is 40.4 Å². The Morgan fingerprint density at radius 2 is 2.12 bits per heavy atom. The molecule has 0 saturated heterocycles. The predicted molar refractivity (Wildman–Crippen MR) is 99.4 cm³/mol. The number of esters is 1.